The minimum atomic E-state index is -0.119. The maximum absolute atomic E-state index is 11.6. The van der Waals surface area contributed by atoms with Gasteiger partial charge in [0.15, 0.2) is 0 Å². The van der Waals surface area contributed by atoms with Crippen LogP contribution in [0.15, 0.2) is 30.3 Å². The molecule has 1 aliphatic heterocycles. The monoisotopic (exact) mass is 245 g/mol. The van der Waals surface area contributed by atoms with Crippen LogP contribution in [0.5, 0.6) is 0 Å². The number of carbonyl (C=O) groups excluding carboxylic acids is 2. The van der Waals surface area contributed by atoms with Crippen molar-refractivity contribution in [2.75, 3.05) is 13.1 Å². The lowest BCUT2D eigenvalue weighted by Gasteiger charge is -2.15. The Morgan fingerprint density at radius 2 is 1.56 bits per heavy atom. The molecule has 0 unspecified atom stereocenters. The van der Waals surface area contributed by atoms with E-state index < -0.39 is 0 Å². The SMILES string of the molecule is CC(=O)[C@H]1CN(Cc2ccccc2)C[C@@H]1C(C)=O. The number of nitrogens with zero attached hydrogens (tertiary/aromatic N) is 1. The summed E-state index contributed by atoms with van der Waals surface area (Å²) in [4.78, 5) is 25.4. The molecule has 2 atom stereocenters. The third-order valence-electron chi connectivity index (χ3n) is 3.69. The number of hydrogen-bond donors (Lipinski definition) is 0. The molecule has 0 radical (unpaired) electrons. The second-order valence-corrected chi connectivity index (χ2v) is 5.11. The summed E-state index contributed by atoms with van der Waals surface area (Å²) in [5.41, 5.74) is 1.23. The summed E-state index contributed by atoms with van der Waals surface area (Å²) in [5, 5.41) is 0. The van der Waals surface area contributed by atoms with E-state index in [1.54, 1.807) is 13.8 Å². The van der Waals surface area contributed by atoms with Gasteiger partial charge in [0.1, 0.15) is 11.6 Å². The van der Waals surface area contributed by atoms with Gasteiger partial charge in [-0.15, -0.1) is 0 Å². The maximum Gasteiger partial charge on any atom is 0.134 e. The lowest BCUT2D eigenvalue weighted by Crippen LogP contribution is -2.25. The van der Waals surface area contributed by atoms with Crippen molar-refractivity contribution < 1.29 is 9.59 Å². The second-order valence-electron chi connectivity index (χ2n) is 5.11. The van der Waals surface area contributed by atoms with Gasteiger partial charge >= 0.3 is 0 Å². The van der Waals surface area contributed by atoms with Gasteiger partial charge in [-0.3, -0.25) is 14.5 Å². The molecule has 0 aliphatic carbocycles. The zero-order valence-corrected chi connectivity index (χ0v) is 10.9. The van der Waals surface area contributed by atoms with E-state index in [4.69, 9.17) is 0 Å². The Morgan fingerprint density at radius 1 is 1.06 bits per heavy atom. The third-order valence-corrected chi connectivity index (χ3v) is 3.69. The average Bonchev–Trinajstić information content (AvgIpc) is 2.74. The van der Waals surface area contributed by atoms with Crippen LogP contribution >= 0.6 is 0 Å². The maximum atomic E-state index is 11.6. The summed E-state index contributed by atoms with van der Waals surface area (Å²) in [6.07, 6.45) is 0. The van der Waals surface area contributed by atoms with Crippen LogP contribution in [0.4, 0.5) is 0 Å². The number of likely N-dealkylation sites (tertiary alicyclic amines) is 1. The van der Waals surface area contributed by atoms with Crippen LogP contribution in [-0.4, -0.2) is 29.6 Å². The molecule has 0 saturated carbocycles. The summed E-state index contributed by atoms with van der Waals surface area (Å²) < 4.78 is 0. The van der Waals surface area contributed by atoms with Crippen LogP contribution in [0.25, 0.3) is 0 Å². The topological polar surface area (TPSA) is 37.4 Å². The van der Waals surface area contributed by atoms with Crippen LogP contribution in [0, 0.1) is 11.8 Å². The molecule has 3 heteroatoms. The lowest BCUT2D eigenvalue weighted by molar-refractivity contribution is -0.128. The molecule has 0 aromatic heterocycles. The molecule has 1 saturated heterocycles. The molecule has 0 amide bonds. The Hall–Kier alpha value is -1.48. The van der Waals surface area contributed by atoms with Crippen molar-refractivity contribution in [2.45, 2.75) is 20.4 Å². The van der Waals surface area contributed by atoms with Gasteiger partial charge in [-0.05, 0) is 19.4 Å². The van der Waals surface area contributed by atoms with Crippen molar-refractivity contribution >= 4 is 11.6 Å². The van der Waals surface area contributed by atoms with Crippen LogP contribution in [0.2, 0.25) is 0 Å². The first-order chi connectivity index (χ1) is 8.58. The highest BCUT2D eigenvalue weighted by atomic mass is 16.1. The molecule has 3 nitrogen and oxygen atoms in total. The van der Waals surface area contributed by atoms with Gasteiger partial charge in [-0.25, -0.2) is 0 Å². The molecule has 1 aromatic carbocycles. The fraction of sp³-hybridized carbons (Fsp3) is 0.467. The summed E-state index contributed by atoms with van der Waals surface area (Å²) in [6, 6.07) is 10.2. The second kappa shape index (κ2) is 5.44. The summed E-state index contributed by atoms with van der Waals surface area (Å²) in [7, 11) is 0. The Labute approximate surface area is 108 Å². The molecule has 1 fully saturated rings. The first-order valence-corrected chi connectivity index (χ1v) is 6.35. The van der Waals surface area contributed by atoms with Crippen molar-refractivity contribution in [1.29, 1.82) is 0 Å². The molecule has 96 valence electrons. The molecular weight excluding hydrogens is 226 g/mol. The van der Waals surface area contributed by atoms with Crippen molar-refractivity contribution in [3.8, 4) is 0 Å². The fourth-order valence-electron chi connectivity index (χ4n) is 2.68. The van der Waals surface area contributed by atoms with Crippen LogP contribution < -0.4 is 0 Å². The van der Waals surface area contributed by atoms with Crippen LogP contribution in [-0.2, 0) is 16.1 Å². The fourth-order valence-corrected chi connectivity index (χ4v) is 2.68. The van der Waals surface area contributed by atoms with Gasteiger partial charge in [-0.2, -0.15) is 0 Å². The predicted octanol–water partition coefficient (Wildman–Crippen LogP) is 1.91. The Morgan fingerprint density at radius 3 is 2.00 bits per heavy atom. The normalized spacial score (nSPS) is 24.1. The van der Waals surface area contributed by atoms with Gasteiger partial charge in [-0.1, -0.05) is 30.3 Å². The van der Waals surface area contributed by atoms with Crippen LogP contribution in [0.3, 0.4) is 0 Å². The average molecular weight is 245 g/mol. The first-order valence-electron chi connectivity index (χ1n) is 6.35. The van der Waals surface area contributed by atoms with E-state index in [0.29, 0.717) is 13.1 Å². The molecule has 1 heterocycles. The smallest absolute Gasteiger partial charge is 0.134 e. The van der Waals surface area contributed by atoms with E-state index in [9.17, 15) is 9.59 Å². The first kappa shape index (κ1) is 13.0. The summed E-state index contributed by atoms with van der Waals surface area (Å²) >= 11 is 0. The molecule has 1 aliphatic rings. The Balaban J connectivity index is 2.05. The molecule has 0 bridgehead atoms. The number of hydrogen-bond acceptors (Lipinski definition) is 3. The quantitative estimate of drug-likeness (QED) is 0.813. The highest BCUT2D eigenvalue weighted by Crippen LogP contribution is 2.26. The highest BCUT2D eigenvalue weighted by molar-refractivity contribution is 5.88. The van der Waals surface area contributed by atoms with Crippen molar-refractivity contribution in [3.05, 3.63) is 35.9 Å². The van der Waals surface area contributed by atoms with Crippen molar-refractivity contribution in [3.63, 3.8) is 0 Å². The van der Waals surface area contributed by atoms with E-state index in [1.165, 1.54) is 5.56 Å². The standard InChI is InChI=1S/C15H19NO2/c1-11(17)14-9-16(10-15(14)12(2)18)8-13-6-4-3-5-7-13/h3-7,14-15H,8-10H2,1-2H3/t14-,15-/m1/s1. The third kappa shape index (κ3) is 2.85. The van der Waals surface area contributed by atoms with Gasteiger partial charge in [0.05, 0.1) is 0 Å². The van der Waals surface area contributed by atoms with E-state index in [0.717, 1.165) is 6.54 Å². The van der Waals surface area contributed by atoms with E-state index in [1.807, 2.05) is 18.2 Å². The van der Waals surface area contributed by atoms with Gasteiger partial charge in [0, 0.05) is 31.5 Å². The van der Waals surface area contributed by atoms with Crippen molar-refractivity contribution in [1.82, 2.24) is 4.90 Å². The Bertz CT molecular complexity index is 419. The minimum absolute atomic E-state index is 0.119. The summed E-state index contributed by atoms with van der Waals surface area (Å²) in [5.74, 6) is 0.0222. The number of rotatable bonds is 4. The predicted molar refractivity (Wildman–Crippen MR) is 70.1 cm³/mol. The van der Waals surface area contributed by atoms with Crippen molar-refractivity contribution in [2.24, 2.45) is 11.8 Å². The molecule has 1 aromatic rings. The molecular formula is C15H19NO2. The number of ketones is 2. The van der Waals surface area contributed by atoms with E-state index >= 15 is 0 Å². The van der Waals surface area contributed by atoms with E-state index in [2.05, 4.69) is 17.0 Å². The number of Topliss-reactive ketones (excluding diaryl/α,β-unsaturated/α-hetero) is 2. The Kier molecular flexibility index (Phi) is 3.92. The molecule has 2 rings (SSSR count). The number of carbonyl (C=O) groups is 2. The molecule has 0 spiro atoms. The zero-order valence-electron chi connectivity index (χ0n) is 10.9. The van der Waals surface area contributed by atoms with Gasteiger partial charge in [0.25, 0.3) is 0 Å². The van der Waals surface area contributed by atoms with Gasteiger partial charge < -0.3 is 0 Å². The largest absolute Gasteiger partial charge is 0.300 e. The van der Waals surface area contributed by atoms with Crippen LogP contribution in [0.1, 0.15) is 19.4 Å². The molecule has 18 heavy (non-hydrogen) atoms. The minimum Gasteiger partial charge on any atom is -0.300 e. The molecule has 0 N–H and O–H groups in total. The zero-order chi connectivity index (χ0) is 13.1. The van der Waals surface area contributed by atoms with Gasteiger partial charge in [0.2, 0.25) is 0 Å². The highest BCUT2D eigenvalue weighted by Gasteiger charge is 2.37. The van der Waals surface area contributed by atoms with E-state index in [-0.39, 0.29) is 23.4 Å². The number of benzene rings is 1. The lowest BCUT2D eigenvalue weighted by atomic mass is 9.90. The summed E-state index contributed by atoms with van der Waals surface area (Å²) in [6.45, 7) is 5.40.